The number of aliphatic hydroxyl groups excluding tert-OH is 1. The molecule has 0 spiro atoms. The summed E-state index contributed by atoms with van der Waals surface area (Å²) in [4.78, 5) is 23.8. The van der Waals surface area contributed by atoms with Crippen LogP contribution in [0.3, 0.4) is 0 Å². The average molecular weight is 201 g/mol. The van der Waals surface area contributed by atoms with E-state index in [9.17, 15) is 14.7 Å². The largest absolute Gasteiger partial charge is 0.459 e. The molecule has 0 unspecified atom stereocenters. The van der Waals surface area contributed by atoms with Crippen LogP contribution < -0.4 is 0 Å². The second kappa shape index (κ2) is 4.95. The summed E-state index contributed by atoms with van der Waals surface area (Å²) in [6.07, 6.45) is 0.720. The van der Waals surface area contributed by atoms with Gasteiger partial charge in [-0.2, -0.15) is 0 Å². The molecule has 0 radical (unpaired) electrons. The van der Waals surface area contributed by atoms with Gasteiger partial charge in [-0.25, -0.2) is 4.79 Å². The van der Waals surface area contributed by atoms with Crippen molar-refractivity contribution >= 4 is 11.9 Å². The van der Waals surface area contributed by atoms with Crippen LogP contribution in [0.1, 0.15) is 19.8 Å². The van der Waals surface area contributed by atoms with E-state index >= 15 is 0 Å². The van der Waals surface area contributed by atoms with Gasteiger partial charge < -0.3 is 14.7 Å². The Bertz CT molecular complexity index is 221. The van der Waals surface area contributed by atoms with E-state index in [0.717, 1.165) is 0 Å². The van der Waals surface area contributed by atoms with Gasteiger partial charge in [0.2, 0.25) is 0 Å². The molecule has 1 N–H and O–H groups in total. The number of rotatable bonds is 1. The van der Waals surface area contributed by atoms with Gasteiger partial charge in [0, 0.05) is 13.1 Å². The van der Waals surface area contributed by atoms with Crippen LogP contribution in [-0.2, 0) is 14.3 Å². The Kier molecular flexibility index (Phi) is 3.88. The summed E-state index contributed by atoms with van der Waals surface area (Å²) in [5.74, 6) is -1.40. The summed E-state index contributed by atoms with van der Waals surface area (Å²) >= 11 is 0. The molecule has 80 valence electrons. The van der Waals surface area contributed by atoms with Gasteiger partial charge in [-0.05, 0) is 19.8 Å². The summed E-state index contributed by atoms with van der Waals surface area (Å²) in [6.45, 7) is 2.73. The highest BCUT2D eigenvalue weighted by Crippen LogP contribution is 2.10. The van der Waals surface area contributed by atoms with E-state index < -0.39 is 11.9 Å². The predicted octanol–water partition coefficient (Wildman–Crippen LogP) is -0.467. The first-order chi connectivity index (χ1) is 6.65. The number of hydrogen-bond donors (Lipinski definition) is 1. The molecule has 5 heteroatoms. The molecule has 5 nitrogen and oxygen atoms in total. The van der Waals surface area contributed by atoms with Crippen molar-refractivity contribution in [3.05, 3.63) is 0 Å². The molecule has 0 aromatic carbocycles. The van der Waals surface area contributed by atoms with Gasteiger partial charge in [-0.15, -0.1) is 0 Å². The van der Waals surface area contributed by atoms with Gasteiger partial charge in [-0.3, -0.25) is 4.79 Å². The predicted molar refractivity (Wildman–Crippen MR) is 48.5 cm³/mol. The van der Waals surface area contributed by atoms with E-state index in [-0.39, 0.29) is 12.7 Å². The lowest BCUT2D eigenvalue weighted by molar-refractivity contribution is -0.160. The maximum atomic E-state index is 11.4. The molecule has 1 saturated heterocycles. The van der Waals surface area contributed by atoms with Crippen LogP contribution in [0.25, 0.3) is 0 Å². The van der Waals surface area contributed by atoms with Gasteiger partial charge in [0.15, 0.2) is 0 Å². The third-order valence-corrected chi connectivity index (χ3v) is 2.20. The van der Waals surface area contributed by atoms with Crippen molar-refractivity contribution in [1.82, 2.24) is 4.90 Å². The Balaban J connectivity index is 2.41. The van der Waals surface area contributed by atoms with E-state index in [1.165, 1.54) is 4.90 Å². The zero-order valence-corrected chi connectivity index (χ0v) is 8.23. The molecule has 1 aliphatic rings. The number of amides is 1. The number of likely N-dealkylation sites (tertiary alicyclic amines) is 1. The minimum atomic E-state index is -0.802. The Morgan fingerprint density at radius 2 is 2.00 bits per heavy atom. The first kappa shape index (κ1) is 11.0. The molecule has 0 saturated carbocycles. The molecule has 1 rings (SSSR count). The third kappa shape index (κ3) is 2.70. The Hall–Kier alpha value is -1.10. The quantitative estimate of drug-likeness (QED) is 0.460. The van der Waals surface area contributed by atoms with Crippen molar-refractivity contribution in [2.24, 2.45) is 0 Å². The van der Waals surface area contributed by atoms with Crippen LogP contribution in [0.5, 0.6) is 0 Å². The maximum absolute atomic E-state index is 11.4. The van der Waals surface area contributed by atoms with E-state index in [1.54, 1.807) is 6.92 Å². The molecule has 1 fully saturated rings. The fraction of sp³-hybridized carbons (Fsp3) is 0.778. The number of nitrogens with zero attached hydrogens (tertiary/aromatic N) is 1. The van der Waals surface area contributed by atoms with Crippen molar-refractivity contribution < 1.29 is 19.4 Å². The van der Waals surface area contributed by atoms with Crippen molar-refractivity contribution in [2.75, 3.05) is 19.7 Å². The second-order valence-electron chi connectivity index (χ2n) is 3.24. The SMILES string of the molecule is CCOC(=O)C(=O)N1CCC(O)CC1. The fourth-order valence-electron chi connectivity index (χ4n) is 1.39. The maximum Gasteiger partial charge on any atom is 0.397 e. The first-order valence-corrected chi connectivity index (χ1v) is 4.79. The Labute approximate surface area is 82.6 Å². The average Bonchev–Trinajstić information content (AvgIpc) is 2.18. The Morgan fingerprint density at radius 3 is 2.50 bits per heavy atom. The highest BCUT2D eigenvalue weighted by molar-refractivity contribution is 6.32. The van der Waals surface area contributed by atoms with Crippen LogP contribution in [0.2, 0.25) is 0 Å². The normalized spacial score (nSPS) is 18.0. The zero-order chi connectivity index (χ0) is 10.6. The molecular formula is C9H15NO4. The molecule has 14 heavy (non-hydrogen) atoms. The van der Waals surface area contributed by atoms with E-state index in [1.807, 2.05) is 0 Å². The molecule has 0 aliphatic carbocycles. The molecular weight excluding hydrogens is 186 g/mol. The Morgan fingerprint density at radius 1 is 1.43 bits per heavy atom. The van der Waals surface area contributed by atoms with Crippen molar-refractivity contribution in [3.8, 4) is 0 Å². The molecule has 1 heterocycles. The van der Waals surface area contributed by atoms with Crippen LogP contribution in [0.4, 0.5) is 0 Å². The van der Waals surface area contributed by atoms with Crippen molar-refractivity contribution in [1.29, 1.82) is 0 Å². The van der Waals surface area contributed by atoms with Crippen LogP contribution >= 0.6 is 0 Å². The number of piperidine rings is 1. The van der Waals surface area contributed by atoms with Crippen LogP contribution in [0, 0.1) is 0 Å². The third-order valence-electron chi connectivity index (χ3n) is 2.20. The fourth-order valence-corrected chi connectivity index (χ4v) is 1.39. The van der Waals surface area contributed by atoms with Gasteiger partial charge in [0.05, 0.1) is 12.7 Å². The topological polar surface area (TPSA) is 66.8 Å². The summed E-state index contributed by atoms with van der Waals surface area (Å²) in [5, 5.41) is 9.20. The van der Waals surface area contributed by atoms with Gasteiger partial charge in [0.25, 0.3) is 0 Å². The van der Waals surface area contributed by atoms with Crippen LogP contribution in [-0.4, -0.2) is 47.7 Å². The minimum Gasteiger partial charge on any atom is -0.459 e. The summed E-state index contributed by atoms with van der Waals surface area (Å²) in [7, 11) is 0. The van der Waals surface area contributed by atoms with Gasteiger partial charge in [0.1, 0.15) is 0 Å². The number of carbonyl (C=O) groups is 2. The highest BCUT2D eigenvalue weighted by atomic mass is 16.5. The molecule has 0 atom stereocenters. The standard InChI is InChI=1S/C9H15NO4/c1-2-14-9(13)8(12)10-5-3-7(11)4-6-10/h7,11H,2-6H2,1H3. The number of carbonyl (C=O) groups excluding carboxylic acids is 2. The number of esters is 1. The summed E-state index contributed by atoms with van der Waals surface area (Å²) in [6, 6.07) is 0. The van der Waals surface area contributed by atoms with E-state index in [2.05, 4.69) is 4.74 Å². The van der Waals surface area contributed by atoms with Gasteiger partial charge in [-0.1, -0.05) is 0 Å². The van der Waals surface area contributed by atoms with E-state index in [4.69, 9.17) is 0 Å². The van der Waals surface area contributed by atoms with Crippen molar-refractivity contribution in [3.63, 3.8) is 0 Å². The number of hydrogen-bond acceptors (Lipinski definition) is 4. The van der Waals surface area contributed by atoms with Gasteiger partial charge >= 0.3 is 11.9 Å². The lowest BCUT2D eigenvalue weighted by Gasteiger charge is -2.28. The number of aliphatic hydroxyl groups is 1. The minimum absolute atomic E-state index is 0.209. The zero-order valence-electron chi connectivity index (χ0n) is 8.23. The monoisotopic (exact) mass is 201 g/mol. The summed E-state index contributed by atoms with van der Waals surface area (Å²) < 4.78 is 4.59. The lowest BCUT2D eigenvalue weighted by atomic mass is 10.1. The molecule has 0 bridgehead atoms. The van der Waals surface area contributed by atoms with Crippen molar-refractivity contribution in [2.45, 2.75) is 25.9 Å². The second-order valence-corrected chi connectivity index (χ2v) is 3.24. The molecule has 1 aliphatic heterocycles. The smallest absolute Gasteiger partial charge is 0.397 e. The lowest BCUT2D eigenvalue weighted by Crippen LogP contribution is -2.43. The molecule has 1 amide bonds. The van der Waals surface area contributed by atoms with E-state index in [0.29, 0.717) is 25.9 Å². The number of ether oxygens (including phenoxy) is 1. The first-order valence-electron chi connectivity index (χ1n) is 4.79. The molecule has 0 aromatic heterocycles. The summed E-state index contributed by atoms with van der Waals surface area (Å²) in [5.41, 5.74) is 0. The van der Waals surface area contributed by atoms with Crippen LogP contribution in [0.15, 0.2) is 0 Å². The molecule has 0 aromatic rings. The highest BCUT2D eigenvalue weighted by Gasteiger charge is 2.26.